The Bertz CT molecular complexity index is 349. The van der Waals surface area contributed by atoms with E-state index in [0.29, 0.717) is 18.1 Å². The van der Waals surface area contributed by atoms with Crippen LogP contribution < -0.4 is 5.32 Å². The molecule has 0 bridgehead atoms. The van der Waals surface area contributed by atoms with E-state index in [1.165, 1.54) is 11.1 Å². The summed E-state index contributed by atoms with van der Waals surface area (Å²) in [5.74, 6) is 0.516. The minimum Gasteiger partial charge on any atom is -0.382 e. The molecule has 0 saturated carbocycles. The summed E-state index contributed by atoms with van der Waals surface area (Å²) in [5, 5.41) is 3.54. The Hall–Kier alpha value is -0.860. The van der Waals surface area contributed by atoms with Gasteiger partial charge in [-0.05, 0) is 31.7 Å². The van der Waals surface area contributed by atoms with E-state index in [-0.39, 0.29) is 0 Å². The fourth-order valence-electron chi connectivity index (χ4n) is 2.14. The molecule has 0 aromatic heterocycles. The van der Waals surface area contributed by atoms with E-state index in [1.54, 1.807) is 7.11 Å². The normalized spacial score (nSPS) is 14.8. The van der Waals surface area contributed by atoms with Crippen LogP contribution in [0.5, 0.6) is 0 Å². The topological polar surface area (TPSA) is 21.3 Å². The predicted molar refractivity (Wildman–Crippen MR) is 78.1 cm³/mol. The maximum absolute atomic E-state index is 5.41. The number of benzene rings is 1. The lowest BCUT2D eigenvalue weighted by Crippen LogP contribution is -2.29. The lowest BCUT2D eigenvalue weighted by Gasteiger charge is -2.23. The van der Waals surface area contributed by atoms with Crippen molar-refractivity contribution >= 4 is 0 Å². The average Bonchev–Trinajstić information content (AvgIpc) is 2.33. The molecule has 0 aliphatic rings. The summed E-state index contributed by atoms with van der Waals surface area (Å²) in [6.07, 6.45) is 1.35. The van der Waals surface area contributed by atoms with Crippen molar-refractivity contribution in [2.45, 2.75) is 52.2 Å². The summed E-state index contributed by atoms with van der Waals surface area (Å²) in [5.41, 5.74) is 2.74. The van der Waals surface area contributed by atoms with E-state index in [1.807, 2.05) is 0 Å². The van der Waals surface area contributed by atoms with Gasteiger partial charge >= 0.3 is 0 Å². The standard InChI is InChI=1S/C16H27NO/c1-12(2)17-11-16(10-14(4)18-5)15-8-6-7-13(3)9-15/h6-9,12,14,16-17H,10-11H2,1-5H3. The van der Waals surface area contributed by atoms with E-state index in [0.717, 1.165) is 13.0 Å². The third kappa shape index (κ3) is 5.19. The van der Waals surface area contributed by atoms with Crippen LogP contribution in [0, 0.1) is 6.92 Å². The van der Waals surface area contributed by atoms with Crippen molar-refractivity contribution in [2.24, 2.45) is 0 Å². The number of hydrogen-bond donors (Lipinski definition) is 1. The molecule has 18 heavy (non-hydrogen) atoms. The Morgan fingerprint density at radius 3 is 2.50 bits per heavy atom. The maximum Gasteiger partial charge on any atom is 0.0549 e. The first-order chi connectivity index (χ1) is 8.52. The zero-order chi connectivity index (χ0) is 13.5. The number of methoxy groups -OCH3 is 1. The summed E-state index contributed by atoms with van der Waals surface area (Å²) >= 11 is 0. The highest BCUT2D eigenvalue weighted by Crippen LogP contribution is 2.22. The second kappa shape index (κ2) is 7.55. The number of ether oxygens (including phenoxy) is 1. The number of rotatable bonds is 7. The molecule has 2 unspecified atom stereocenters. The van der Waals surface area contributed by atoms with Crippen LogP contribution in [-0.2, 0) is 4.74 Å². The molecule has 2 heteroatoms. The Morgan fingerprint density at radius 1 is 1.22 bits per heavy atom. The molecular formula is C16H27NO. The third-order valence-electron chi connectivity index (χ3n) is 3.30. The van der Waals surface area contributed by atoms with Crippen LogP contribution >= 0.6 is 0 Å². The SMILES string of the molecule is COC(C)CC(CNC(C)C)c1cccc(C)c1. The number of hydrogen-bond acceptors (Lipinski definition) is 2. The summed E-state index contributed by atoms with van der Waals surface area (Å²) in [7, 11) is 1.79. The fourth-order valence-corrected chi connectivity index (χ4v) is 2.14. The molecular weight excluding hydrogens is 222 g/mol. The molecule has 102 valence electrons. The summed E-state index contributed by atoms with van der Waals surface area (Å²) in [6.45, 7) is 9.67. The van der Waals surface area contributed by atoms with Gasteiger partial charge in [-0.1, -0.05) is 43.7 Å². The van der Waals surface area contributed by atoms with Crippen LogP contribution in [0.15, 0.2) is 24.3 Å². The van der Waals surface area contributed by atoms with Gasteiger partial charge in [0.15, 0.2) is 0 Å². The minimum atomic E-state index is 0.296. The monoisotopic (exact) mass is 249 g/mol. The molecule has 0 saturated heterocycles. The fraction of sp³-hybridized carbons (Fsp3) is 0.625. The summed E-state index contributed by atoms with van der Waals surface area (Å²) in [6, 6.07) is 9.33. The van der Waals surface area contributed by atoms with Gasteiger partial charge in [0.05, 0.1) is 6.10 Å². The van der Waals surface area contributed by atoms with Crippen LogP contribution in [0.3, 0.4) is 0 Å². The smallest absolute Gasteiger partial charge is 0.0549 e. The van der Waals surface area contributed by atoms with Gasteiger partial charge in [0, 0.05) is 19.7 Å². The highest BCUT2D eigenvalue weighted by molar-refractivity contribution is 5.26. The molecule has 0 spiro atoms. The molecule has 0 heterocycles. The van der Waals surface area contributed by atoms with Gasteiger partial charge in [-0.25, -0.2) is 0 Å². The van der Waals surface area contributed by atoms with Crippen molar-refractivity contribution in [3.05, 3.63) is 35.4 Å². The van der Waals surface area contributed by atoms with Crippen molar-refractivity contribution in [3.8, 4) is 0 Å². The van der Waals surface area contributed by atoms with Gasteiger partial charge in [-0.3, -0.25) is 0 Å². The molecule has 1 aromatic rings. The molecule has 0 aliphatic heterocycles. The van der Waals surface area contributed by atoms with Gasteiger partial charge in [-0.2, -0.15) is 0 Å². The highest BCUT2D eigenvalue weighted by atomic mass is 16.5. The molecule has 0 aliphatic carbocycles. The van der Waals surface area contributed by atoms with E-state index in [4.69, 9.17) is 4.74 Å². The molecule has 2 nitrogen and oxygen atoms in total. The average molecular weight is 249 g/mol. The quantitative estimate of drug-likeness (QED) is 0.798. The van der Waals surface area contributed by atoms with E-state index >= 15 is 0 Å². The van der Waals surface area contributed by atoms with Crippen LogP contribution in [0.25, 0.3) is 0 Å². The van der Waals surface area contributed by atoms with E-state index < -0.39 is 0 Å². The second-order valence-electron chi connectivity index (χ2n) is 5.46. The van der Waals surface area contributed by atoms with Crippen LogP contribution in [0.1, 0.15) is 44.2 Å². The van der Waals surface area contributed by atoms with Gasteiger partial charge < -0.3 is 10.1 Å². The summed E-state index contributed by atoms with van der Waals surface area (Å²) < 4.78 is 5.41. The first-order valence-electron chi connectivity index (χ1n) is 6.85. The molecule has 0 amide bonds. The predicted octanol–water partition coefficient (Wildman–Crippen LogP) is 3.50. The maximum atomic E-state index is 5.41. The number of nitrogens with one attached hydrogen (secondary N) is 1. The zero-order valence-corrected chi connectivity index (χ0v) is 12.4. The van der Waals surface area contributed by atoms with Crippen molar-refractivity contribution in [1.29, 1.82) is 0 Å². The first-order valence-corrected chi connectivity index (χ1v) is 6.85. The lowest BCUT2D eigenvalue weighted by molar-refractivity contribution is 0.104. The molecule has 1 aromatic carbocycles. The first kappa shape index (κ1) is 15.2. The summed E-state index contributed by atoms with van der Waals surface area (Å²) in [4.78, 5) is 0. The van der Waals surface area contributed by atoms with Crippen molar-refractivity contribution < 1.29 is 4.74 Å². The lowest BCUT2D eigenvalue weighted by atomic mass is 9.92. The van der Waals surface area contributed by atoms with Crippen molar-refractivity contribution in [1.82, 2.24) is 5.32 Å². The largest absolute Gasteiger partial charge is 0.382 e. The Morgan fingerprint density at radius 2 is 1.94 bits per heavy atom. The van der Waals surface area contributed by atoms with Gasteiger partial charge in [0.1, 0.15) is 0 Å². The van der Waals surface area contributed by atoms with Gasteiger partial charge in [-0.15, -0.1) is 0 Å². The third-order valence-corrected chi connectivity index (χ3v) is 3.30. The minimum absolute atomic E-state index is 0.296. The molecule has 1 rings (SSSR count). The van der Waals surface area contributed by atoms with Crippen molar-refractivity contribution in [2.75, 3.05) is 13.7 Å². The van der Waals surface area contributed by atoms with E-state index in [2.05, 4.69) is 57.3 Å². The second-order valence-corrected chi connectivity index (χ2v) is 5.46. The van der Waals surface area contributed by atoms with E-state index in [9.17, 15) is 0 Å². The molecule has 1 N–H and O–H groups in total. The van der Waals surface area contributed by atoms with Crippen LogP contribution in [-0.4, -0.2) is 25.8 Å². The van der Waals surface area contributed by atoms with Crippen LogP contribution in [0.2, 0.25) is 0 Å². The van der Waals surface area contributed by atoms with Crippen molar-refractivity contribution in [3.63, 3.8) is 0 Å². The molecule has 2 atom stereocenters. The Balaban J connectivity index is 2.75. The van der Waals surface area contributed by atoms with Gasteiger partial charge in [0.25, 0.3) is 0 Å². The van der Waals surface area contributed by atoms with Gasteiger partial charge in [0.2, 0.25) is 0 Å². The molecule has 0 fully saturated rings. The molecule has 0 radical (unpaired) electrons. The highest BCUT2D eigenvalue weighted by Gasteiger charge is 2.15. The number of aryl methyl sites for hydroxylation is 1. The van der Waals surface area contributed by atoms with Crippen LogP contribution in [0.4, 0.5) is 0 Å². The Labute approximate surface area is 112 Å². The zero-order valence-electron chi connectivity index (χ0n) is 12.4. The Kier molecular flexibility index (Phi) is 6.37.